The van der Waals surface area contributed by atoms with Gasteiger partial charge in [-0.3, -0.25) is 4.79 Å². The molecule has 8 heteroatoms. The van der Waals surface area contributed by atoms with Gasteiger partial charge < -0.3 is 14.6 Å². The summed E-state index contributed by atoms with van der Waals surface area (Å²) in [5.41, 5.74) is 3.91. The van der Waals surface area contributed by atoms with Crippen molar-refractivity contribution in [3.05, 3.63) is 66.2 Å². The summed E-state index contributed by atoms with van der Waals surface area (Å²) < 4.78 is 9.14. The van der Waals surface area contributed by atoms with Gasteiger partial charge in [-0.1, -0.05) is 12.1 Å². The molecular formula is C22H22N6O2. The van der Waals surface area contributed by atoms with Crippen molar-refractivity contribution in [3.8, 4) is 22.8 Å². The number of ether oxygens (including phenoxy) is 1. The summed E-state index contributed by atoms with van der Waals surface area (Å²) in [5.74, 6) is 1.75. The number of ketones is 1. The van der Waals surface area contributed by atoms with Gasteiger partial charge in [0, 0.05) is 24.4 Å². The minimum Gasteiger partial charge on any atom is -0.495 e. The van der Waals surface area contributed by atoms with Crippen molar-refractivity contribution in [2.45, 2.75) is 13.8 Å². The molecule has 8 nitrogen and oxygen atoms in total. The molecule has 152 valence electrons. The Morgan fingerprint density at radius 2 is 1.97 bits per heavy atom. The van der Waals surface area contributed by atoms with Crippen molar-refractivity contribution < 1.29 is 9.53 Å². The molecular weight excluding hydrogens is 380 g/mol. The number of carbonyl (C=O) groups is 1. The predicted molar refractivity (Wildman–Crippen MR) is 115 cm³/mol. The highest BCUT2D eigenvalue weighted by molar-refractivity contribution is 6.00. The van der Waals surface area contributed by atoms with Crippen molar-refractivity contribution in [1.29, 1.82) is 0 Å². The van der Waals surface area contributed by atoms with Crippen molar-refractivity contribution in [3.63, 3.8) is 0 Å². The molecule has 0 saturated heterocycles. The fourth-order valence-electron chi connectivity index (χ4n) is 3.22. The number of nitrogens with one attached hydrogen (secondary N) is 1. The van der Waals surface area contributed by atoms with Gasteiger partial charge in [0.15, 0.2) is 11.6 Å². The SMILES string of the molecule is COc1cc(-c2nc(Nc3ccccc3C(C)=O)n(C)n2)ccc1-n1cnc(C)c1. The Hall–Kier alpha value is -3.94. The fourth-order valence-corrected chi connectivity index (χ4v) is 3.22. The van der Waals surface area contributed by atoms with Crippen LogP contribution in [0.25, 0.3) is 17.1 Å². The highest BCUT2D eigenvalue weighted by Gasteiger charge is 2.15. The van der Waals surface area contributed by atoms with E-state index in [2.05, 4.69) is 20.4 Å². The van der Waals surface area contributed by atoms with Gasteiger partial charge in [0.25, 0.3) is 0 Å². The quantitative estimate of drug-likeness (QED) is 0.492. The van der Waals surface area contributed by atoms with Crippen molar-refractivity contribution in [2.75, 3.05) is 12.4 Å². The first-order valence-electron chi connectivity index (χ1n) is 9.43. The molecule has 0 spiro atoms. The molecule has 0 unspecified atom stereocenters. The van der Waals surface area contributed by atoms with Crippen LogP contribution in [0.2, 0.25) is 0 Å². The highest BCUT2D eigenvalue weighted by Crippen LogP contribution is 2.29. The highest BCUT2D eigenvalue weighted by atomic mass is 16.5. The lowest BCUT2D eigenvalue weighted by molar-refractivity contribution is 0.101. The van der Waals surface area contributed by atoms with E-state index in [0.717, 1.165) is 16.9 Å². The Morgan fingerprint density at radius 3 is 2.67 bits per heavy atom. The molecule has 0 saturated carbocycles. The number of Topliss-reactive ketones (excluding diaryl/α,β-unsaturated/α-hetero) is 1. The molecule has 0 fully saturated rings. The first-order valence-corrected chi connectivity index (χ1v) is 9.43. The lowest BCUT2D eigenvalue weighted by Crippen LogP contribution is -2.04. The zero-order valence-corrected chi connectivity index (χ0v) is 17.2. The number of methoxy groups -OCH3 is 1. The first kappa shape index (κ1) is 19.4. The van der Waals surface area contributed by atoms with Crippen LogP contribution >= 0.6 is 0 Å². The maximum Gasteiger partial charge on any atom is 0.225 e. The van der Waals surface area contributed by atoms with Crippen LogP contribution in [0, 0.1) is 6.92 Å². The van der Waals surface area contributed by atoms with Crippen LogP contribution < -0.4 is 10.1 Å². The average Bonchev–Trinajstić information content (AvgIpc) is 3.33. The maximum absolute atomic E-state index is 11.9. The molecule has 0 aliphatic heterocycles. The molecule has 2 heterocycles. The topological polar surface area (TPSA) is 86.9 Å². The summed E-state index contributed by atoms with van der Waals surface area (Å²) in [5, 5.41) is 7.72. The lowest BCUT2D eigenvalue weighted by Gasteiger charge is -2.10. The van der Waals surface area contributed by atoms with E-state index >= 15 is 0 Å². The number of nitrogens with zero attached hydrogens (tertiary/aromatic N) is 5. The monoisotopic (exact) mass is 402 g/mol. The largest absolute Gasteiger partial charge is 0.495 e. The number of rotatable bonds is 6. The van der Waals surface area contributed by atoms with Crippen LogP contribution in [-0.4, -0.2) is 37.2 Å². The van der Waals surface area contributed by atoms with Gasteiger partial charge in [-0.25, -0.2) is 9.67 Å². The van der Waals surface area contributed by atoms with Crippen molar-refractivity contribution >= 4 is 17.4 Å². The molecule has 0 bridgehead atoms. The first-order chi connectivity index (χ1) is 14.5. The Bertz CT molecular complexity index is 1220. The number of imidazole rings is 1. The predicted octanol–water partition coefficient (Wildman–Crippen LogP) is 3.93. The van der Waals surface area contributed by atoms with E-state index in [1.807, 2.05) is 54.1 Å². The molecule has 0 aliphatic rings. The fraction of sp³-hybridized carbons (Fsp3) is 0.182. The molecule has 30 heavy (non-hydrogen) atoms. The van der Waals surface area contributed by atoms with Crippen molar-refractivity contribution in [1.82, 2.24) is 24.3 Å². The summed E-state index contributed by atoms with van der Waals surface area (Å²) in [6, 6.07) is 13.1. The van der Waals surface area contributed by atoms with Gasteiger partial charge in [-0.15, -0.1) is 5.10 Å². The third-order valence-corrected chi connectivity index (χ3v) is 4.74. The smallest absolute Gasteiger partial charge is 0.225 e. The van der Waals surface area contributed by atoms with E-state index in [1.54, 1.807) is 31.2 Å². The number of hydrogen-bond acceptors (Lipinski definition) is 6. The summed E-state index contributed by atoms with van der Waals surface area (Å²) in [7, 11) is 3.43. The average molecular weight is 402 g/mol. The zero-order chi connectivity index (χ0) is 21.3. The standard InChI is InChI=1S/C22H22N6O2/c1-14-12-28(13-23-14)19-10-9-16(11-20(19)30-4)21-25-22(27(3)26-21)24-18-8-6-5-7-17(18)15(2)29/h5-13H,1-4H3,(H,24,25,26). The number of aromatic nitrogens is 5. The molecule has 0 atom stereocenters. The van der Waals surface area contributed by atoms with E-state index in [4.69, 9.17) is 4.74 Å². The normalized spacial score (nSPS) is 10.8. The second kappa shape index (κ2) is 7.82. The Morgan fingerprint density at radius 1 is 1.17 bits per heavy atom. The van der Waals surface area contributed by atoms with Gasteiger partial charge in [0.05, 0.1) is 30.5 Å². The molecule has 0 aliphatic carbocycles. The number of aryl methyl sites for hydroxylation is 2. The van der Waals surface area contributed by atoms with Gasteiger partial charge in [-0.2, -0.15) is 4.98 Å². The summed E-state index contributed by atoms with van der Waals surface area (Å²) in [4.78, 5) is 20.8. The Kier molecular flexibility index (Phi) is 5.05. The second-order valence-electron chi connectivity index (χ2n) is 6.92. The Balaban J connectivity index is 1.67. The zero-order valence-electron chi connectivity index (χ0n) is 17.2. The third-order valence-electron chi connectivity index (χ3n) is 4.74. The summed E-state index contributed by atoms with van der Waals surface area (Å²) >= 11 is 0. The minimum atomic E-state index is -0.0180. The molecule has 4 rings (SSSR count). The third kappa shape index (κ3) is 3.67. The number of anilines is 2. The lowest BCUT2D eigenvalue weighted by atomic mass is 10.1. The number of para-hydroxylation sites is 1. The Labute approximate surface area is 174 Å². The van der Waals surface area contributed by atoms with E-state index in [0.29, 0.717) is 28.8 Å². The second-order valence-corrected chi connectivity index (χ2v) is 6.92. The molecule has 0 radical (unpaired) electrons. The van der Waals surface area contributed by atoms with Crippen molar-refractivity contribution in [2.24, 2.45) is 7.05 Å². The van der Waals surface area contributed by atoms with E-state index in [1.165, 1.54) is 6.92 Å². The van der Waals surface area contributed by atoms with Crippen LogP contribution in [0.15, 0.2) is 55.0 Å². The van der Waals surface area contributed by atoms with Gasteiger partial charge in [0.1, 0.15) is 5.75 Å². The van der Waals surface area contributed by atoms with E-state index in [9.17, 15) is 4.79 Å². The number of benzene rings is 2. The number of hydrogen-bond donors (Lipinski definition) is 1. The van der Waals surface area contributed by atoms with Gasteiger partial charge in [0.2, 0.25) is 5.95 Å². The molecule has 4 aromatic rings. The summed E-state index contributed by atoms with van der Waals surface area (Å²) in [6.45, 7) is 3.48. The molecule has 0 amide bonds. The van der Waals surface area contributed by atoms with Gasteiger partial charge in [-0.05, 0) is 44.2 Å². The van der Waals surface area contributed by atoms with E-state index in [-0.39, 0.29) is 5.78 Å². The van der Waals surface area contributed by atoms with Crippen LogP contribution in [0.3, 0.4) is 0 Å². The summed E-state index contributed by atoms with van der Waals surface area (Å²) in [6.07, 6.45) is 3.69. The maximum atomic E-state index is 11.9. The minimum absolute atomic E-state index is 0.0180. The molecule has 1 N–H and O–H groups in total. The molecule has 2 aromatic heterocycles. The van der Waals surface area contributed by atoms with Crippen LogP contribution in [0.1, 0.15) is 23.0 Å². The van der Waals surface area contributed by atoms with Crippen LogP contribution in [0.4, 0.5) is 11.6 Å². The van der Waals surface area contributed by atoms with E-state index < -0.39 is 0 Å². The molecule has 2 aromatic carbocycles. The van der Waals surface area contributed by atoms with Crippen LogP contribution in [-0.2, 0) is 7.05 Å². The van der Waals surface area contributed by atoms with Crippen LogP contribution in [0.5, 0.6) is 5.75 Å². The van der Waals surface area contributed by atoms with Gasteiger partial charge >= 0.3 is 0 Å². The number of carbonyl (C=O) groups excluding carboxylic acids is 1.